The van der Waals surface area contributed by atoms with Gasteiger partial charge in [-0.1, -0.05) is 32.6 Å². The van der Waals surface area contributed by atoms with Crippen molar-refractivity contribution in [3.05, 3.63) is 0 Å². The topological polar surface area (TPSA) is 15.3 Å². The molecule has 2 heteroatoms. The molecule has 2 rings (SSSR count). The van der Waals surface area contributed by atoms with E-state index in [4.69, 9.17) is 0 Å². The summed E-state index contributed by atoms with van der Waals surface area (Å²) in [5.74, 6) is 1.88. The fourth-order valence-electron chi connectivity index (χ4n) is 3.05. The van der Waals surface area contributed by atoms with Crippen LogP contribution >= 0.6 is 0 Å². The summed E-state index contributed by atoms with van der Waals surface area (Å²) in [5, 5.41) is 3.51. The highest BCUT2D eigenvalue weighted by Gasteiger charge is 2.18. The van der Waals surface area contributed by atoms with Gasteiger partial charge in [-0.2, -0.15) is 0 Å². The van der Waals surface area contributed by atoms with E-state index >= 15 is 0 Å². The first-order chi connectivity index (χ1) is 7.34. The van der Waals surface area contributed by atoms with Crippen LogP contribution in [0.1, 0.15) is 39.0 Å². The first-order valence-electron chi connectivity index (χ1n) is 6.77. The quantitative estimate of drug-likeness (QED) is 0.767. The van der Waals surface area contributed by atoms with Gasteiger partial charge in [0.15, 0.2) is 0 Å². The first kappa shape index (κ1) is 11.4. The standard InChI is InChI=1S/C13H26N2/c1-12-10-14-7-9-15(11-12)8-6-13-4-2-3-5-13/h12-14H,2-11H2,1H3. The Bertz CT molecular complexity index is 175. The Morgan fingerprint density at radius 3 is 2.87 bits per heavy atom. The molecule has 1 N–H and O–H groups in total. The summed E-state index contributed by atoms with van der Waals surface area (Å²) in [6.45, 7) is 8.67. The van der Waals surface area contributed by atoms with Crippen LogP contribution < -0.4 is 5.32 Å². The summed E-state index contributed by atoms with van der Waals surface area (Å²) in [5.41, 5.74) is 0. The molecule has 2 fully saturated rings. The lowest BCUT2D eigenvalue weighted by Crippen LogP contribution is -2.31. The minimum Gasteiger partial charge on any atom is -0.315 e. The summed E-state index contributed by atoms with van der Waals surface area (Å²) >= 11 is 0. The van der Waals surface area contributed by atoms with Crippen molar-refractivity contribution >= 4 is 0 Å². The van der Waals surface area contributed by atoms with Crippen LogP contribution in [0.4, 0.5) is 0 Å². The number of nitrogens with one attached hydrogen (secondary N) is 1. The predicted octanol–water partition coefficient (Wildman–Crippen LogP) is 2.11. The fraction of sp³-hybridized carbons (Fsp3) is 1.00. The maximum Gasteiger partial charge on any atom is 0.0107 e. The highest BCUT2D eigenvalue weighted by Crippen LogP contribution is 2.27. The normalized spacial score (nSPS) is 30.6. The van der Waals surface area contributed by atoms with Gasteiger partial charge in [0, 0.05) is 19.6 Å². The van der Waals surface area contributed by atoms with Gasteiger partial charge in [0.05, 0.1) is 0 Å². The van der Waals surface area contributed by atoms with E-state index in [2.05, 4.69) is 17.1 Å². The third-order valence-corrected chi connectivity index (χ3v) is 4.00. The molecule has 0 aromatic carbocycles. The minimum absolute atomic E-state index is 0.830. The van der Waals surface area contributed by atoms with Crippen molar-refractivity contribution in [1.29, 1.82) is 0 Å². The molecule has 2 aliphatic rings. The van der Waals surface area contributed by atoms with Gasteiger partial charge in [0.1, 0.15) is 0 Å². The number of nitrogens with zero attached hydrogens (tertiary/aromatic N) is 1. The molecule has 1 aliphatic heterocycles. The van der Waals surface area contributed by atoms with Crippen LogP contribution in [0.2, 0.25) is 0 Å². The zero-order valence-corrected chi connectivity index (χ0v) is 10.2. The highest BCUT2D eigenvalue weighted by molar-refractivity contribution is 4.74. The summed E-state index contributed by atoms with van der Waals surface area (Å²) in [7, 11) is 0. The lowest BCUT2D eigenvalue weighted by atomic mass is 10.0. The van der Waals surface area contributed by atoms with Crippen LogP contribution in [0.15, 0.2) is 0 Å². The number of hydrogen-bond donors (Lipinski definition) is 1. The zero-order chi connectivity index (χ0) is 10.5. The van der Waals surface area contributed by atoms with Gasteiger partial charge in [0.25, 0.3) is 0 Å². The molecular weight excluding hydrogens is 184 g/mol. The third-order valence-electron chi connectivity index (χ3n) is 4.00. The Labute approximate surface area is 94.4 Å². The summed E-state index contributed by atoms with van der Waals surface area (Å²) < 4.78 is 0. The second-order valence-corrected chi connectivity index (χ2v) is 5.55. The van der Waals surface area contributed by atoms with Crippen molar-refractivity contribution in [2.75, 3.05) is 32.7 Å². The van der Waals surface area contributed by atoms with E-state index in [-0.39, 0.29) is 0 Å². The highest BCUT2D eigenvalue weighted by atomic mass is 15.2. The molecule has 0 aromatic heterocycles. The van der Waals surface area contributed by atoms with E-state index in [9.17, 15) is 0 Å². The fourth-order valence-corrected chi connectivity index (χ4v) is 3.05. The minimum atomic E-state index is 0.830. The predicted molar refractivity (Wildman–Crippen MR) is 65.0 cm³/mol. The number of rotatable bonds is 3. The van der Waals surface area contributed by atoms with Gasteiger partial charge in [-0.05, 0) is 31.3 Å². The van der Waals surface area contributed by atoms with Crippen molar-refractivity contribution < 1.29 is 0 Å². The molecule has 0 aromatic rings. The molecule has 2 nitrogen and oxygen atoms in total. The lowest BCUT2D eigenvalue weighted by molar-refractivity contribution is 0.244. The van der Waals surface area contributed by atoms with E-state index in [0.29, 0.717) is 0 Å². The summed E-state index contributed by atoms with van der Waals surface area (Å²) in [6.07, 6.45) is 7.43. The van der Waals surface area contributed by atoms with Crippen LogP contribution in [0.3, 0.4) is 0 Å². The molecule has 1 aliphatic carbocycles. The van der Waals surface area contributed by atoms with Crippen LogP contribution in [-0.2, 0) is 0 Å². The molecule has 1 saturated carbocycles. The molecule has 1 heterocycles. The van der Waals surface area contributed by atoms with Crippen molar-refractivity contribution in [2.24, 2.45) is 11.8 Å². The van der Waals surface area contributed by atoms with E-state index in [1.165, 1.54) is 64.8 Å². The molecular formula is C13H26N2. The maximum absolute atomic E-state index is 3.51. The number of hydrogen-bond acceptors (Lipinski definition) is 2. The second kappa shape index (κ2) is 5.86. The Balaban J connectivity index is 1.67. The first-order valence-corrected chi connectivity index (χ1v) is 6.77. The van der Waals surface area contributed by atoms with Crippen LogP contribution in [0.25, 0.3) is 0 Å². The second-order valence-electron chi connectivity index (χ2n) is 5.55. The van der Waals surface area contributed by atoms with Gasteiger partial charge >= 0.3 is 0 Å². The molecule has 88 valence electrons. The van der Waals surface area contributed by atoms with Crippen LogP contribution in [0.5, 0.6) is 0 Å². The summed E-state index contributed by atoms with van der Waals surface area (Å²) in [6, 6.07) is 0. The van der Waals surface area contributed by atoms with Gasteiger partial charge in [-0.3, -0.25) is 0 Å². The van der Waals surface area contributed by atoms with Crippen LogP contribution in [0, 0.1) is 11.8 Å². The van der Waals surface area contributed by atoms with E-state index in [1.54, 1.807) is 0 Å². The molecule has 1 saturated heterocycles. The zero-order valence-electron chi connectivity index (χ0n) is 10.2. The van der Waals surface area contributed by atoms with Gasteiger partial charge in [0.2, 0.25) is 0 Å². The largest absolute Gasteiger partial charge is 0.315 e. The summed E-state index contributed by atoms with van der Waals surface area (Å²) in [4.78, 5) is 2.67. The lowest BCUT2D eigenvalue weighted by Gasteiger charge is -2.23. The van der Waals surface area contributed by atoms with Gasteiger partial charge in [-0.25, -0.2) is 0 Å². The molecule has 1 atom stereocenters. The smallest absolute Gasteiger partial charge is 0.0107 e. The monoisotopic (exact) mass is 210 g/mol. The van der Waals surface area contributed by atoms with Crippen molar-refractivity contribution in [3.63, 3.8) is 0 Å². The van der Waals surface area contributed by atoms with Crippen molar-refractivity contribution in [3.8, 4) is 0 Å². The molecule has 0 bridgehead atoms. The van der Waals surface area contributed by atoms with Crippen molar-refractivity contribution in [2.45, 2.75) is 39.0 Å². The molecule has 1 unspecified atom stereocenters. The van der Waals surface area contributed by atoms with Crippen LogP contribution in [-0.4, -0.2) is 37.6 Å². The maximum atomic E-state index is 3.51. The average Bonchev–Trinajstić information content (AvgIpc) is 2.65. The molecule has 0 amide bonds. The molecule has 0 spiro atoms. The molecule has 15 heavy (non-hydrogen) atoms. The van der Waals surface area contributed by atoms with Crippen molar-refractivity contribution in [1.82, 2.24) is 10.2 Å². The van der Waals surface area contributed by atoms with Gasteiger partial charge in [-0.15, -0.1) is 0 Å². The average molecular weight is 210 g/mol. The van der Waals surface area contributed by atoms with E-state index < -0.39 is 0 Å². The Kier molecular flexibility index (Phi) is 4.45. The van der Waals surface area contributed by atoms with E-state index in [0.717, 1.165) is 11.8 Å². The Morgan fingerprint density at radius 2 is 2.07 bits per heavy atom. The third kappa shape index (κ3) is 3.76. The van der Waals surface area contributed by atoms with E-state index in [1.807, 2.05) is 0 Å². The Hall–Kier alpha value is -0.0800. The molecule has 0 radical (unpaired) electrons. The SMILES string of the molecule is CC1CNCCN(CCC2CCCC2)C1. The Morgan fingerprint density at radius 1 is 1.27 bits per heavy atom. The van der Waals surface area contributed by atoms with Gasteiger partial charge < -0.3 is 10.2 Å².